The van der Waals surface area contributed by atoms with Crippen molar-refractivity contribution in [3.8, 4) is 0 Å². The predicted octanol–water partition coefficient (Wildman–Crippen LogP) is 1.73. The van der Waals surface area contributed by atoms with Crippen molar-refractivity contribution in [2.45, 2.75) is 46.2 Å². The third-order valence-electron chi connectivity index (χ3n) is 4.97. The largest absolute Gasteiger partial charge is 0.338 e. The highest BCUT2D eigenvalue weighted by Gasteiger charge is 2.30. The second kappa shape index (κ2) is 7.03. The van der Waals surface area contributed by atoms with E-state index >= 15 is 0 Å². The molecule has 0 bridgehead atoms. The number of aromatic nitrogens is 4. The van der Waals surface area contributed by atoms with Gasteiger partial charge in [-0.15, -0.1) is 0 Å². The van der Waals surface area contributed by atoms with Crippen molar-refractivity contribution >= 4 is 0 Å². The van der Waals surface area contributed by atoms with Gasteiger partial charge in [-0.1, -0.05) is 19.0 Å². The molecule has 0 N–H and O–H groups in total. The van der Waals surface area contributed by atoms with Crippen LogP contribution in [0.5, 0.6) is 0 Å². The minimum absolute atomic E-state index is 0.159. The van der Waals surface area contributed by atoms with Crippen LogP contribution >= 0.6 is 0 Å². The van der Waals surface area contributed by atoms with Crippen molar-refractivity contribution in [2.24, 2.45) is 7.05 Å². The first-order valence-electron chi connectivity index (χ1n) is 8.79. The molecule has 1 fully saturated rings. The Morgan fingerprint density at radius 2 is 1.96 bits per heavy atom. The number of hydrogen-bond acceptors (Lipinski definition) is 6. The fourth-order valence-electron chi connectivity index (χ4n) is 3.59. The van der Waals surface area contributed by atoms with Gasteiger partial charge < -0.3 is 4.52 Å². The quantitative estimate of drug-likeness (QED) is 0.831. The number of rotatable bonds is 5. The van der Waals surface area contributed by atoms with Gasteiger partial charge in [0.1, 0.15) is 6.04 Å². The van der Waals surface area contributed by atoms with E-state index in [1.807, 2.05) is 11.6 Å². The van der Waals surface area contributed by atoms with E-state index in [0.29, 0.717) is 5.82 Å². The predicted molar refractivity (Wildman–Crippen MR) is 91.6 cm³/mol. The zero-order valence-electron chi connectivity index (χ0n) is 15.4. The summed E-state index contributed by atoms with van der Waals surface area (Å²) in [6, 6.07) is 0.159. The van der Waals surface area contributed by atoms with Gasteiger partial charge in [0.2, 0.25) is 5.89 Å². The molecule has 132 valence electrons. The second-order valence-corrected chi connectivity index (χ2v) is 6.61. The number of aryl methyl sites for hydroxylation is 3. The second-order valence-electron chi connectivity index (χ2n) is 6.61. The lowest BCUT2D eigenvalue weighted by Crippen LogP contribution is -2.46. The maximum atomic E-state index is 5.42. The van der Waals surface area contributed by atoms with Crippen LogP contribution in [-0.4, -0.2) is 56.4 Å². The molecule has 1 unspecified atom stereocenters. The van der Waals surface area contributed by atoms with Crippen molar-refractivity contribution in [2.75, 3.05) is 26.7 Å². The highest BCUT2D eigenvalue weighted by atomic mass is 16.5. The fourth-order valence-corrected chi connectivity index (χ4v) is 3.59. The Labute approximate surface area is 143 Å². The third kappa shape index (κ3) is 3.23. The van der Waals surface area contributed by atoms with E-state index in [1.54, 1.807) is 0 Å². The average Bonchev–Trinajstić information content (AvgIpc) is 3.12. The van der Waals surface area contributed by atoms with Crippen molar-refractivity contribution < 1.29 is 4.52 Å². The molecule has 3 rings (SSSR count). The Morgan fingerprint density at radius 3 is 2.58 bits per heavy atom. The van der Waals surface area contributed by atoms with Crippen molar-refractivity contribution in [3.63, 3.8) is 0 Å². The van der Waals surface area contributed by atoms with Crippen LogP contribution in [0.25, 0.3) is 0 Å². The van der Waals surface area contributed by atoms with E-state index in [4.69, 9.17) is 9.62 Å². The molecule has 7 nitrogen and oxygen atoms in total. The van der Waals surface area contributed by atoms with E-state index < -0.39 is 0 Å². The van der Waals surface area contributed by atoms with Gasteiger partial charge in [0.15, 0.2) is 5.82 Å². The minimum Gasteiger partial charge on any atom is -0.338 e. The van der Waals surface area contributed by atoms with Crippen LogP contribution in [0.3, 0.4) is 0 Å². The number of hydrogen-bond donors (Lipinski definition) is 0. The zero-order chi connectivity index (χ0) is 17.3. The van der Waals surface area contributed by atoms with Gasteiger partial charge in [0, 0.05) is 44.5 Å². The lowest BCUT2D eigenvalue weighted by atomic mass is 10.1. The molecule has 1 aliphatic rings. The summed E-state index contributed by atoms with van der Waals surface area (Å²) in [7, 11) is 4.18. The summed E-state index contributed by atoms with van der Waals surface area (Å²) in [5, 5.41) is 8.65. The molecule has 3 heterocycles. The van der Waals surface area contributed by atoms with Gasteiger partial charge in [-0.3, -0.25) is 14.5 Å². The summed E-state index contributed by atoms with van der Waals surface area (Å²) in [6.07, 6.45) is 1.99. The van der Waals surface area contributed by atoms with E-state index in [-0.39, 0.29) is 6.04 Å². The minimum atomic E-state index is 0.159. The van der Waals surface area contributed by atoms with Crippen LogP contribution in [0, 0.1) is 6.92 Å². The third-order valence-corrected chi connectivity index (χ3v) is 4.97. The Bertz CT molecular complexity index is 691. The topological polar surface area (TPSA) is 63.2 Å². The lowest BCUT2D eigenvalue weighted by molar-refractivity contribution is 0.0711. The molecule has 0 aromatic carbocycles. The summed E-state index contributed by atoms with van der Waals surface area (Å²) >= 11 is 0. The molecule has 1 saturated heterocycles. The first kappa shape index (κ1) is 17.1. The molecule has 2 aromatic heterocycles. The molecule has 0 aliphatic carbocycles. The molecule has 1 atom stereocenters. The smallest absolute Gasteiger partial charge is 0.245 e. The Kier molecular flexibility index (Phi) is 5.01. The highest BCUT2D eigenvalue weighted by Crippen LogP contribution is 2.25. The van der Waals surface area contributed by atoms with Gasteiger partial charge in [0.25, 0.3) is 0 Å². The zero-order valence-corrected chi connectivity index (χ0v) is 15.4. The molecule has 24 heavy (non-hydrogen) atoms. The van der Waals surface area contributed by atoms with Crippen LogP contribution in [-0.2, 0) is 26.4 Å². The number of likely N-dealkylation sites (N-methyl/N-ethyl adjacent to an activating group) is 1. The Hall–Kier alpha value is -1.73. The van der Waals surface area contributed by atoms with E-state index in [0.717, 1.165) is 44.9 Å². The summed E-state index contributed by atoms with van der Waals surface area (Å²) in [4.78, 5) is 9.22. The van der Waals surface area contributed by atoms with Crippen LogP contribution in [0.15, 0.2) is 4.52 Å². The monoisotopic (exact) mass is 332 g/mol. The molecule has 0 amide bonds. The van der Waals surface area contributed by atoms with E-state index in [9.17, 15) is 0 Å². The molecule has 0 saturated carbocycles. The summed E-state index contributed by atoms with van der Waals surface area (Å²) in [5.41, 5.74) is 3.96. The van der Waals surface area contributed by atoms with E-state index in [1.165, 1.54) is 17.0 Å². The highest BCUT2D eigenvalue weighted by molar-refractivity contribution is 5.26. The summed E-state index contributed by atoms with van der Waals surface area (Å²) < 4.78 is 7.47. The van der Waals surface area contributed by atoms with Crippen molar-refractivity contribution in [1.82, 2.24) is 29.7 Å². The first-order chi connectivity index (χ1) is 11.5. The summed E-state index contributed by atoms with van der Waals surface area (Å²) in [5.74, 6) is 1.42. The number of nitrogens with zero attached hydrogens (tertiary/aromatic N) is 6. The van der Waals surface area contributed by atoms with Crippen molar-refractivity contribution in [1.29, 1.82) is 0 Å². The molecule has 0 spiro atoms. The molecule has 2 aromatic rings. The number of piperazine rings is 1. The van der Waals surface area contributed by atoms with Crippen molar-refractivity contribution in [3.05, 3.63) is 28.7 Å². The van der Waals surface area contributed by atoms with Gasteiger partial charge in [-0.05, 0) is 26.8 Å². The van der Waals surface area contributed by atoms with Crippen LogP contribution in [0.1, 0.15) is 48.6 Å². The van der Waals surface area contributed by atoms with E-state index in [2.05, 4.69) is 47.9 Å². The van der Waals surface area contributed by atoms with Gasteiger partial charge in [-0.25, -0.2) is 0 Å². The fraction of sp³-hybridized carbons (Fsp3) is 0.706. The maximum absolute atomic E-state index is 5.42. The summed E-state index contributed by atoms with van der Waals surface area (Å²) in [6.45, 7) is 10.1. The van der Waals surface area contributed by atoms with Crippen LogP contribution in [0.2, 0.25) is 0 Å². The standard InChI is InChI=1S/C17H28N6O/c1-6-14-13(15(7-2)22(5)19-14)10-23-9-8-21(4)16(11-23)17-18-12(3)20-24-17/h16H,6-11H2,1-5H3. The average molecular weight is 332 g/mol. The molecule has 1 aliphatic heterocycles. The van der Waals surface area contributed by atoms with Crippen LogP contribution < -0.4 is 0 Å². The molecular formula is C17H28N6O. The normalized spacial score (nSPS) is 20.0. The Balaban J connectivity index is 1.79. The Morgan fingerprint density at radius 1 is 1.17 bits per heavy atom. The lowest BCUT2D eigenvalue weighted by Gasteiger charge is -2.37. The molecule has 7 heteroatoms. The van der Waals surface area contributed by atoms with Gasteiger partial charge in [-0.2, -0.15) is 10.1 Å². The first-order valence-corrected chi connectivity index (χ1v) is 8.79. The van der Waals surface area contributed by atoms with Gasteiger partial charge in [0.05, 0.1) is 5.69 Å². The van der Waals surface area contributed by atoms with Gasteiger partial charge >= 0.3 is 0 Å². The maximum Gasteiger partial charge on any atom is 0.245 e. The molecule has 0 radical (unpaired) electrons. The SMILES string of the molecule is CCc1nn(C)c(CC)c1CN1CCN(C)C(c2nc(C)no2)C1. The van der Waals surface area contributed by atoms with Crippen LogP contribution in [0.4, 0.5) is 0 Å². The molecular weight excluding hydrogens is 304 g/mol.